The summed E-state index contributed by atoms with van der Waals surface area (Å²) in [6.45, 7) is 25.0. The van der Waals surface area contributed by atoms with Gasteiger partial charge in [0.05, 0.1) is 18.3 Å². The lowest BCUT2D eigenvalue weighted by atomic mass is 10.1. The lowest BCUT2D eigenvalue weighted by Gasteiger charge is -2.41. The van der Waals surface area contributed by atoms with Gasteiger partial charge in [0.2, 0.25) is 0 Å². The highest BCUT2D eigenvalue weighted by molar-refractivity contribution is 6.72. The molecule has 0 unspecified atom stereocenters. The quantitative estimate of drug-likeness (QED) is 0.367. The van der Waals surface area contributed by atoms with Crippen molar-refractivity contribution in [2.24, 2.45) is 0 Å². The maximum atomic E-state index is 6.72. The van der Waals surface area contributed by atoms with Crippen LogP contribution < -0.4 is 0 Å². The zero-order chi connectivity index (χ0) is 19.2. The molecule has 0 amide bonds. The lowest BCUT2D eigenvalue weighted by molar-refractivity contribution is -0.0284. The molecule has 0 radical (unpaired) electrons. The summed E-state index contributed by atoms with van der Waals surface area (Å²) in [6, 6.07) is 3.39. The Hall–Kier alpha value is 0.531. The van der Waals surface area contributed by atoms with E-state index in [4.69, 9.17) is 13.3 Å². The van der Waals surface area contributed by atoms with Crippen LogP contribution in [0.4, 0.5) is 0 Å². The van der Waals surface area contributed by atoms with Crippen molar-refractivity contribution < 1.29 is 13.3 Å². The Morgan fingerprint density at radius 1 is 0.625 bits per heavy atom. The normalized spacial score (nSPS) is 17.6. The standard InChI is InChI=1S/C18H44O3Si3/c1-12-17(20-23(8,9)14-3)18(21-24(10,11)15-4)16(5)19-22(6,7)13-2/h16-18H,12-15H2,1-11H3/t16-,17-,18-/m1/s1. The molecule has 0 saturated carbocycles. The molecule has 0 N–H and O–H groups in total. The monoisotopic (exact) mass is 392 g/mol. The summed E-state index contributed by atoms with van der Waals surface area (Å²) in [7, 11) is -4.94. The third-order valence-corrected chi connectivity index (χ3v) is 13.2. The SMILES string of the molecule is CC[C@@H](O[Si](C)(C)CC)[C@H](O[Si](C)(C)CC)[C@@H](C)O[Si](C)(C)CC. The Balaban J connectivity index is 5.42. The first-order valence-electron chi connectivity index (χ1n) is 9.86. The third-order valence-electron chi connectivity index (χ3n) is 5.22. The van der Waals surface area contributed by atoms with Gasteiger partial charge in [0, 0.05) is 0 Å². The Kier molecular flexibility index (Phi) is 10.2. The zero-order valence-corrected chi connectivity index (χ0v) is 21.3. The lowest BCUT2D eigenvalue weighted by Crippen LogP contribution is -2.52. The van der Waals surface area contributed by atoms with Gasteiger partial charge in [0.15, 0.2) is 25.0 Å². The van der Waals surface area contributed by atoms with Gasteiger partial charge in [-0.25, -0.2) is 0 Å². The van der Waals surface area contributed by atoms with Crippen LogP contribution >= 0.6 is 0 Å². The summed E-state index contributed by atoms with van der Waals surface area (Å²) in [5.41, 5.74) is 0. The molecule has 24 heavy (non-hydrogen) atoms. The van der Waals surface area contributed by atoms with E-state index in [2.05, 4.69) is 73.9 Å². The third kappa shape index (κ3) is 8.76. The molecule has 0 aromatic rings. The average Bonchev–Trinajstić information content (AvgIpc) is 2.50. The van der Waals surface area contributed by atoms with E-state index in [1.54, 1.807) is 0 Å². The van der Waals surface area contributed by atoms with Gasteiger partial charge in [-0.15, -0.1) is 0 Å². The summed E-state index contributed by atoms with van der Waals surface area (Å²) in [5, 5.41) is 0. The van der Waals surface area contributed by atoms with Gasteiger partial charge < -0.3 is 13.3 Å². The molecule has 0 bridgehead atoms. The van der Waals surface area contributed by atoms with Crippen molar-refractivity contribution in [3.8, 4) is 0 Å². The van der Waals surface area contributed by atoms with Crippen molar-refractivity contribution >= 4 is 25.0 Å². The molecule has 0 aromatic heterocycles. The van der Waals surface area contributed by atoms with Crippen LogP contribution in [0.1, 0.15) is 41.0 Å². The van der Waals surface area contributed by atoms with Crippen LogP contribution in [0.3, 0.4) is 0 Å². The summed E-state index contributed by atoms with van der Waals surface area (Å²) >= 11 is 0. The van der Waals surface area contributed by atoms with Gasteiger partial charge in [0.1, 0.15) is 0 Å². The number of hydrogen-bond donors (Lipinski definition) is 0. The summed E-state index contributed by atoms with van der Waals surface area (Å²) < 4.78 is 19.9. The maximum Gasteiger partial charge on any atom is 0.187 e. The first kappa shape index (κ1) is 24.5. The van der Waals surface area contributed by atoms with Crippen LogP contribution in [0.15, 0.2) is 0 Å². The summed E-state index contributed by atoms with van der Waals surface area (Å²) in [5.74, 6) is 0. The highest BCUT2D eigenvalue weighted by Crippen LogP contribution is 2.27. The molecule has 3 nitrogen and oxygen atoms in total. The first-order chi connectivity index (χ1) is 10.8. The minimum absolute atomic E-state index is 0.0493. The minimum atomic E-state index is -1.68. The fourth-order valence-electron chi connectivity index (χ4n) is 2.46. The molecule has 0 rings (SSSR count). The van der Waals surface area contributed by atoms with Gasteiger partial charge >= 0.3 is 0 Å². The molecule has 146 valence electrons. The zero-order valence-electron chi connectivity index (χ0n) is 18.3. The number of hydrogen-bond acceptors (Lipinski definition) is 3. The van der Waals surface area contributed by atoms with Gasteiger partial charge in [-0.05, 0) is 70.8 Å². The van der Waals surface area contributed by atoms with Crippen molar-refractivity contribution in [1.29, 1.82) is 0 Å². The molecule has 0 saturated heterocycles. The van der Waals surface area contributed by atoms with Crippen LogP contribution in [-0.2, 0) is 13.3 Å². The van der Waals surface area contributed by atoms with E-state index >= 15 is 0 Å². The maximum absolute atomic E-state index is 6.72. The van der Waals surface area contributed by atoms with Crippen LogP contribution in [0.5, 0.6) is 0 Å². The Bertz CT molecular complexity index is 359. The first-order valence-corrected chi connectivity index (χ1v) is 19.2. The topological polar surface area (TPSA) is 27.7 Å². The predicted molar refractivity (Wildman–Crippen MR) is 114 cm³/mol. The van der Waals surface area contributed by atoms with E-state index in [1.165, 1.54) is 0 Å². The van der Waals surface area contributed by atoms with E-state index in [0.717, 1.165) is 24.6 Å². The molecule has 0 heterocycles. The minimum Gasteiger partial charge on any atom is -0.412 e. The Morgan fingerprint density at radius 3 is 1.38 bits per heavy atom. The van der Waals surface area contributed by atoms with Crippen LogP contribution in [-0.4, -0.2) is 43.3 Å². The highest BCUT2D eigenvalue weighted by Gasteiger charge is 2.38. The van der Waals surface area contributed by atoms with Crippen LogP contribution in [0, 0.1) is 0 Å². The number of rotatable bonds is 12. The molecule has 0 aliphatic heterocycles. The molecule has 0 fully saturated rings. The summed E-state index contributed by atoms with van der Waals surface area (Å²) in [4.78, 5) is 0. The van der Waals surface area contributed by atoms with Gasteiger partial charge in [-0.3, -0.25) is 0 Å². The molecular formula is C18H44O3Si3. The fourth-order valence-corrected chi connectivity index (χ4v) is 6.30. The van der Waals surface area contributed by atoms with E-state index in [-0.39, 0.29) is 18.3 Å². The Labute approximate surface area is 155 Å². The average molecular weight is 393 g/mol. The predicted octanol–water partition coefficient (Wildman–Crippen LogP) is 6.25. The molecule has 3 atom stereocenters. The van der Waals surface area contributed by atoms with Crippen molar-refractivity contribution in [2.45, 2.75) is 117 Å². The second-order valence-corrected chi connectivity index (χ2v) is 22.2. The van der Waals surface area contributed by atoms with Crippen molar-refractivity contribution in [3.63, 3.8) is 0 Å². The highest BCUT2D eigenvalue weighted by atomic mass is 28.4. The van der Waals surface area contributed by atoms with Crippen LogP contribution in [0.25, 0.3) is 0 Å². The molecule has 0 aliphatic carbocycles. The van der Waals surface area contributed by atoms with Crippen molar-refractivity contribution in [1.82, 2.24) is 0 Å². The second kappa shape index (κ2) is 10.0. The van der Waals surface area contributed by atoms with E-state index in [0.29, 0.717) is 0 Å². The summed E-state index contributed by atoms with van der Waals surface area (Å²) in [6.07, 6.45) is 1.27. The van der Waals surface area contributed by atoms with Crippen molar-refractivity contribution in [3.05, 3.63) is 0 Å². The Morgan fingerprint density at radius 2 is 1.00 bits per heavy atom. The molecule has 6 heteroatoms. The fraction of sp³-hybridized carbons (Fsp3) is 1.00. The van der Waals surface area contributed by atoms with Crippen molar-refractivity contribution in [2.75, 3.05) is 0 Å². The molecule has 0 spiro atoms. The molecule has 0 aliphatic rings. The smallest absolute Gasteiger partial charge is 0.187 e. The van der Waals surface area contributed by atoms with Gasteiger partial charge in [0.25, 0.3) is 0 Å². The van der Waals surface area contributed by atoms with Gasteiger partial charge in [-0.2, -0.15) is 0 Å². The molecule has 0 aromatic carbocycles. The van der Waals surface area contributed by atoms with Crippen LogP contribution in [0.2, 0.25) is 57.4 Å². The molecular weight excluding hydrogens is 348 g/mol. The second-order valence-electron chi connectivity index (χ2n) is 8.81. The van der Waals surface area contributed by atoms with E-state index in [9.17, 15) is 0 Å². The van der Waals surface area contributed by atoms with Gasteiger partial charge in [-0.1, -0.05) is 27.7 Å². The van der Waals surface area contributed by atoms with E-state index < -0.39 is 25.0 Å². The van der Waals surface area contributed by atoms with E-state index in [1.807, 2.05) is 0 Å². The largest absolute Gasteiger partial charge is 0.412 e.